The molecule has 5 aromatic rings. The summed E-state index contributed by atoms with van der Waals surface area (Å²) < 4.78 is 7.22. The Bertz CT molecular complexity index is 1390. The van der Waals surface area contributed by atoms with E-state index in [9.17, 15) is 0 Å². The Balaban J connectivity index is 1.19. The molecule has 2 heterocycles. The lowest BCUT2D eigenvalue weighted by atomic mass is 10.1. The maximum atomic E-state index is 5.29. The number of hydrogen-bond donors (Lipinski definition) is 0. The largest absolute Gasteiger partial charge is 0.497 e. The van der Waals surface area contributed by atoms with Crippen molar-refractivity contribution in [2.24, 2.45) is 0 Å². The molecule has 0 saturated carbocycles. The lowest BCUT2D eigenvalue weighted by Crippen LogP contribution is -2.19. The number of rotatable bonds is 10. The average molecular weight is 477 g/mol. The van der Waals surface area contributed by atoms with Gasteiger partial charge in [-0.3, -0.25) is 0 Å². The van der Waals surface area contributed by atoms with Crippen LogP contribution in [0.3, 0.4) is 0 Å². The second-order valence-electron chi connectivity index (χ2n) is 9.26. The van der Waals surface area contributed by atoms with Crippen LogP contribution in [0.15, 0.2) is 97.1 Å². The molecule has 0 saturated heterocycles. The van der Waals surface area contributed by atoms with Crippen molar-refractivity contribution in [1.29, 1.82) is 0 Å². The van der Waals surface area contributed by atoms with Crippen LogP contribution in [0.5, 0.6) is 5.75 Å². The molecule has 0 bridgehead atoms. The molecule has 0 aliphatic carbocycles. The van der Waals surface area contributed by atoms with E-state index in [0.29, 0.717) is 6.42 Å². The first kappa shape index (κ1) is 23.8. The van der Waals surface area contributed by atoms with E-state index in [1.54, 1.807) is 7.11 Å². The smallest absolute Gasteiger partial charge is 0.156 e. The van der Waals surface area contributed by atoms with Crippen molar-refractivity contribution < 1.29 is 4.74 Å². The summed E-state index contributed by atoms with van der Waals surface area (Å²) in [6.45, 7) is 2.07. The molecule has 2 aromatic heterocycles. The highest BCUT2D eigenvalue weighted by Gasteiger charge is 2.10. The molecule has 0 spiro atoms. The summed E-state index contributed by atoms with van der Waals surface area (Å²) in [6, 6.07) is 33.7. The number of ether oxygens (including phenoxy) is 1. The number of nitrogens with zero attached hydrogens (tertiary/aromatic N) is 4. The van der Waals surface area contributed by atoms with Crippen molar-refractivity contribution in [3.05, 3.63) is 120 Å². The second-order valence-corrected chi connectivity index (χ2v) is 9.26. The van der Waals surface area contributed by atoms with Crippen LogP contribution in [0, 0.1) is 0 Å². The predicted molar refractivity (Wildman–Crippen MR) is 145 cm³/mol. The highest BCUT2D eigenvalue weighted by molar-refractivity contribution is 5.63. The van der Waals surface area contributed by atoms with Crippen molar-refractivity contribution in [3.63, 3.8) is 0 Å². The molecule has 0 atom stereocenters. The third-order valence-corrected chi connectivity index (χ3v) is 6.48. The number of hydrogen-bond acceptors (Lipinski definition) is 4. The Morgan fingerprint density at radius 3 is 2.28 bits per heavy atom. The molecule has 0 amide bonds. The summed E-state index contributed by atoms with van der Waals surface area (Å²) in [5.74, 6) is 1.67. The summed E-state index contributed by atoms with van der Waals surface area (Å²) in [5.41, 5.74) is 6.91. The van der Waals surface area contributed by atoms with Crippen molar-refractivity contribution in [2.45, 2.75) is 25.8 Å². The topological polar surface area (TPSA) is 42.7 Å². The van der Waals surface area contributed by atoms with E-state index in [0.717, 1.165) is 54.4 Å². The second kappa shape index (κ2) is 11.2. The summed E-state index contributed by atoms with van der Waals surface area (Å²) in [5, 5.41) is 4.82. The molecule has 0 fully saturated rings. The van der Waals surface area contributed by atoms with Gasteiger partial charge in [0.1, 0.15) is 5.75 Å². The molecule has 0 unspecified atom stereocenters. The number of aromatic nitrogens is 3. The van der Waals surface area contributed by atoms with Crippen LogP contribution in [0.4, 0.5) is 0 Å². The lowest BCUT2D eigenvalue weighted by Gasteiger charge is -2.16. The van der Waals surface area contributed by atoms with Crippen molar-refractivity contribution >= 4 is 5.65 Å². The maximum absolute atomic E-state index is 5.29. The Morgan fingerprint density at radius 1 is 0.778 bits per heavy atom. The lowest BCUT2D eigenvalue weighted by molar-refractivity contribution is 0.322. The minimum Gasteiger partial charge on any atom is -0.497 e. The van der Waals surface area contributed by atoms with Gasteiger partial charge < -0.3 is 9.64 Å². The van der Waals surface area contributed by atoms with Gasteiger partial charge in [-0.1, -0.05) is 60.7 Å². The fourth-order valence-electron chi connectivity index (χ4n) is 4.54. The molecule has 0 aliphatic rings. The van der Waals surface area contributed by atoms with Crippen LogP contribution in [0.2, 0.25) is 0 Å². The van der Waals surface area contributed by atoms with E-state index in [1.807, 2.05) is 40.9 Å². The Hall–Kier alpha value is -3.96. The van der Waals surface area contributed by atoms with Crippen LogP contribution in [0.1, 0.15) is 28.9 Å². The minimum absolute atomic E-state index is 0.712. The van der Waals surface area contributed by atoms with Gasteiger partial charge in [0.2, 0.25) is 0 Å². The Kier molecular flexibility index (Phi) is 7.39. The van der Waals surface area contributed by atoms with Crippen LogP contribution < -0.4 is 4.74 Å². The van der Waals surface area contributed by atoms with Crippen molar-refractivity contribution in [2.75, 3.05) is 20.7 Å². The van der Waals surface area contributed by atoms with Crippen molar-refractivity contribution in [1.82, 2.24) is 19.5 Å². The van der Waals surface area contributed by atoms with Gasteiger partial charge in [-0.25, -0.2) is 9.50 Å². The molecule has 36 heavy (non-hydrogen) atoms. The van der Waals surface area contributed by atoms with E-state index >= 15 is 0 Å². The van der Waals surface area contributed by atoms with E-state index in [-0.39, 0.29) is 0 Å². The highest BCUT2D eigenvalue weighted by Crippen LogP contribution is 2.23. The number of pyridine rings is 1. The molecule has 5 nitrogen and oxygen atoms in total. The van der Waals surface area contributed by atoms with Crippen LogP contribution >= 0.6 is 0 Å². The van der Waals surface area contributed by atoms with E-state index in [2.05, 4.69) is 72.6 Å². The molecule has 5 heteroatoms. The molecular weight excluding hydrogens is 444 g/mol. The summed E-state index contributed by atoms with van der Waals surface area (Å²) in [4.78, 5) is 7.16. The van der Waals surface area contributed by atoms with Crippen LogP contribution in [-0.4, -0.2) is 40.2 Å². The monoisotopic (exact) mass is 476 g/mol. The van der Waals surface area contributed by atoms with Gasteiger partial charge in [-0.2, -0.15) is 5.10 Å². The maximum Gasteiger partial charge on any atom is 0.156 e. The zero-order valence-corrected chi connectivity index (χ0v) is 21.0. The Morgan fingerprint density at radius 2 is 1.53 bits per heavy atom. The first-order valence-corrected chi connectivity index (χ1v) is 12.5. The number of methoxy groups -OCH3 is 1. The normalized spacial score (nSPS) is 11.3. The average Bonchev–Trinajstić information content (AvgIpc) is 3.33. The van der Waals surface area contributed by atoms with Crippen LogP contribution in [-0.2, 0) is 19.4 Å². The highest BCUT2D eigenvalue weighted by atomic mass is 16.5. The number of aryl methyl sites for hydroxylation is 1. The molecule has 182 valence electrons. The predicted octanol–water partition coefficient (Wildman–Crippen LogP) is 6.06. The van der Waals surface area contributed by atoms with Crippen molar-refractivity contribution in [3.8, 4) is 17.0 Å². The Labute approximate surface area is 213 Å². The molecule has 0 radical (unpaired) electrons. The molecule has 0 aliphatic heterocycles. The van der Waals surface area contributed by atoms with Gasteiger partial charge in [0, 0.05) is 18.5 Å². The van der Waals surface area contributed by atoms with Crippen LogP contribution in [0.25, 0.3) is 16.9 Å². The summed E-state index contributed by atoms with van der Waals surface area (Å²) in [7, 11) is 3.87. The van der Waals surface area contributed by atoms with Gasteiger partial charge in [0.15, 0.2) is 11.5 Å². The van der Waals surface area contributed by atoms with E-state index in [1.165, 1.54) is 16.7 Å². The van der Waals surface area contributed by atoms with Gasteiger partial charge in [0.05, 0.1) is 12.8 Å². The third kappa shape index (κ3) is 5.81. The summed E-state index contributed by atoms with van der Waals surface area (Å²) >= 11 is 0. The molecular formula is C31H32N4O. The van der Waals surface area contributed by atoms with Gasteiger partial charge in [-0.15, -0.1) is 0 Å². The quantitative estimate of drug-likeness (QED) is 0.246. The SMILES string of the molecule is COc1ccc(-c2cccc3nc(Cc4ccc(CCCN(C)Cc5ccccc5)cc4)nn23)cc1. The van der Waals surface area contributed by atoms with E-state index < -0.39 is 0 Å². The zero-order chi connectivity index (χ0) is 24.7. The zero-order valence-electron chi connectivity index (χ0n) is 21.0. The van der Waals surface area contributed by atoms with E-state index in [4.69, 9.17) is 14.8 Å². The minimum atomic E-state index is 0.712. The third-order valence-electron chi connectivity index (χ3n) is 6.48. The molecule has 3 aromatic carbocycles. The molecule has 0 N–H and O–H groups in total. The summed E-state index contributed by atoms with van der Waals surface area (Å²) in [6.07, 6.45) is 2.94. The first-order valence-electron chi connectivity index (χ1n) is 12.5. The fraction of sp³-hybridized carbons (Fsp3) is 0.226. The van der Waals surface area contributed by atoms with Gasteiger partial charge in [0.25, 0.3) is 0 Å². The standard InChI is InChI=1S/C31H32N4O/c1-34(23-26-8-4-3-5-9-26)21-7-10-24-13-15-25(16-14-24)22-30-32-31-12-6-11-29(35(31)33-30)27-17-19-28(36-2)20-18-27/h3-6,8-9,11-20H,7,10,21-23H2,1-2H3. The molecule has 5 rings (SSSR count). The number of fused-ring (bicyclic) bond motifs is 1. The first-order chi connectivity index (χ1) is 17.7. The van der Waals surface area contributed by atoms with Gasteiger partial charge >= 0.3 is 0 Å². The number of benzene rings is 3. The van der Waals surface area contributed by atoms with Gasteiger partial charge in [-0.05, 0) is 79.5 Å². The fourth-order valence-corrected chi connectivity index (χ4v) is 4.54.